The Kier molecular flexibility index (Phi) is 3.69. The van der Waals surface area contributed by atoms with Crippen LogP contribution in [0.4, 0.5) is 0 Å². The molecule has 0 fully saturated rings. The Balaban J connectivity index is 2.10. The van der Waals surface area contributed by atoms with E-state index in [1.807, 2.05) is 0 Å². The van der Waals surface area contributed by atoms with Crippen molar-refractivity contribution in [2.45, 2.75) is 6.92 Å². The molecule has 0 atom stereocenters. The van der Waals surface area contributed by atoms with Crippen molar-refractivity contribution in [2.24, 2.45) is 0 Å². The summed E-state index contributed by atoms with van der Waals surface area (Å²) < 4.78 is 3.66. The first-order valence-corrected chi connectivity index (χ1v) is 8.75. The quantitative estimate of drug-likeness (QED) is 0.347. The average Bonchev–Trinajstić information content (AvgIpc) is 2.90. The van der Waals surface area contributed by atoms with Gasteiger partial charge in [0, 0.05) is 14.6 Å². The summed E-state index contributed by atoms with van der Waals surface area (Å²) in [6, 6.07) is 28.0. The fourth-order valence-corrected chi connectivity index (χ4v) is 4.02. The van der Waals surface area contributed by atoms with Gasteiger partial charge in [0.2, 0.25) is 0 Å². The Labute approximate surface area is 149 Å². The summed E-state index contributed by atoms with van der Waals surface area (Å²) in [5.41, 5.74) is 6.24. The largest absolute Gasteiger partial charge is 0.308 e. The van der Waals surface area contributed by atoms with Gasteiger partial charge < -0.3 is 4.57 Å². The lowest BCUT2D eigenvalue weighted by atomic mass is 10.1. The molecule has 23 heavy (non-hydrogen) atoms. The fraction of sp³-hybridized carbons (Fsp3) is 0.0476. The summed E-state index contributed by atoms with van der Waals surface area (Å²) in [5.74, 6) is 0. The van der Waals surface area contributed by atoms with Crippen LogP contribution < -0.4 is 0 Å². The molecule has 0 bridgehead atoms. The Morgan fingerprint density at radius 2 is 1.39 bits per heavy atom. The van der Waals surface area contributed by atoms with E-state index >= 15 is 0 Å². The summed E-state index contributed by atoms with van der Waals surface area (Å²) >= 11 is 2.48. The summed E-state index contributed by atoms with van der Waals surface area (Å²) in [5, 5.41) is 1.30. The molecule has 0 unspecified atom stereocenters. The predicted octanol–water partition coefficient (Wildman–Crippen LogP) is 6.21. The molecule has 0 radical (unpaired) electrons. The molecule has 4 rings (SSSR count). The molecular formula is C21H16IN. The molecule has 0 N–H and O–H groups in total. The number of aromatic nitrogens is 1. The highest BCUT2D eigenvalue weighted by Gasteiger charge is 2.17. The lowest BCUT2D eigenvalue weighted by Gasteiger charge is -2.12. The zero-order valence-electron chi connectivity index (χ0n) is 12.8. The van der Waals surface area contributed by atoms with E-state index in [4.69, 9.17) is 0 Å². The van der Waals surface area contributed by atoms with Crippen LogP contribution in [0.2, 0.25) is 0 Å². The van der Waals surface area contributed by atoms with Crippen LogP contribution >= 0.6 is 22.6 Å². The second-order valence-corrected chi connectivity index (χ2v) is 6.80. The van der Waals surface area contributed by atoms with Gasteiger partial charge in [-0.15, -0.1) is 0 Å². The topological polar surface area (TPSA) is 4.93 Å². The highest BCUT2D eigenvalue weighted by Crippen LogP contribution is 2.37. The van der Waals surface area contributed by atoms with Gasteiger partial charge in [-0.3, -0.25) is 0 Å². The second-order valence-electron chi connectivity index (χ2n) is 5.72. The number of para-hydroxylation sites is 1. The molecule has 3 aromatic carbocycles. The first-order valence-electron chi connectivity index (χ1n) is 7.67. The number of aryl methyl sites for hydroxylation is 1. The molecule has 0 spiro atoms. The van der Waals surface area contributed by atoms with E-state index in [1.54, 1.807) is 0 Å². The first-order chi connectivity index (χ1) is 11.3. The SMILES string of the molecule is Cc1ccc(-n2c(-c3ccccc3)c(I)c3ccccc32)cc1. The monoisotopic (exact) mass is 409 g/mol. The number of halogens is 1. The van der Waals surface area contributed by atoms with Gasteiger partial charge in [-0.25, -0.2) is 0 Å². The summed E-state index contributed by atoms with van der Waals surface area (Å²) in [7, 11) is 0. The van der Waals surface area contributed by atoms with Gasteiger partial charge in [0.15, 0.2) is 0 Å². The highest BCUT2D eigenvalue weighted by atomic mass is 127. The molecule has 112 valence electrons. The van der Waals surface area contributed by atoms with E-state index in [2.05, 4.69) is 113 Å². The van der Waals surface area contributed by atoms with Crippen LogP contribution in [0.15, 0.2) is 78.9 Å². The van der Waals surface area contributed by atoms with Crippen molar-refractivity contribution in [3.8, 4) is 16.9 Å². The van der Waals surface area contributed by atoms with Crippen LogP contribution in [-0.2, 0) is 0 Å². The highest BCUT2D eigenvalue weighted by molar-refractivity contribution is 14.1. The minimum atomic E-state index is 1.20. The van der Waals surface area contributed by atoms with Gasteiger partial charge in [0.05, 0.1) is 11.2 Å². The number of rotatable bonds is 2. The molecule has 0 amide bonds. The van der Waals surface area contributed by atoms with Crippen molar-refractivity contribution in [1.82, 2.24) is 4.57 Å². The molecule has 1 nitrogen and oxygen atoms in total. The van der Waals surface area contributed by atoms with Gasteiger partial charge in [0.25, 0.3) is 0 Å². The molecule has 1 heterocycles. The van der Waals surface area contributed by atoms with Crippen molar-refractivity contribution < 1.29 is 0 Å². The smallest absolute Gasteiger partial charge is 0.0674 e. The van der Waals surface area contributed by atoms with Crippen LogP contribution in [0.5, 0.6) is 0 Å². The number of nitrogens with zero attached hydrogens (tertiary/aromatic N) is 1. The van der Waals surface area contributed by atoms with Gasteiger partial charge in [-0.05, 0) is 53.3 Å². The number of fused-ring (bicyclic) bond motifs is 1. The maximum absolute atomic E-state index is 2.48. The molecule has 0 aliphatic rings. The fourth-order valence-electron chi connectivity index (χ4n) is 3.01. The van der Waals surface area contributed by atoms with Crippen molar-refractivity contribution in [3.05, 3.63) is 88.0 Å². The van der Waals surface area contributed by atoms with E-state index in [0.717, 1.165) is 0 Å². The van der Waals surface area contributed by atoms with Crippen molar-refractivity contribution >= 4 is 33.5 Å². The normalized spacial score (nSPS) is 11.0. The minimum absolute atomic E-state index is 1.20. The minimum Gasteiger partial charge on any atom is -0.308 e. The lowest BCUT2D eigenvalue weighted by Crippen LogP contribution is -1.97. The van der Waals surface area contributed by atoms with Gasteiger partial charge in [-0.2, -0.15) is 0 Å². The summed E-state index contributed by atoms with van der Waals surface area (Å²) in [6.45, 7) is 2.12. The third-order valence-electron chi connectivity index (χ3n) is 4.15. The maximum Gasteiger partial charge on any atom is 0.0674 e. The molecule has 0 saturated carbocycles. The molecular weight excluding hydrogens is 393 g/mol. The number of benzene rings is 3. The zero-order valence-corrected chi connectivity index (χ0v) is 15.0. The lowest BCUT2D eigenvalue weighted by molar-refractivity contribution is 1.13. The predicted molar refractivity (Wildman–Crippen MR) is 106 cm³/mol. The Bertz CT molecular complexity index is 966. The number of hydrogen-bond donors (Lipinski definition) is 0. The van der Waals surface area contributed by atoms with Crippen LogP contribution in [0.25, 0.3) is 27.8 Å². The Morgan fingerprint density at radius 3 is 2.13 bits per heavy atom. The summed E-state index contributed by atoms with van der Waals surface area (Å²) in [6.07, 6.45) is 0. The molecule has 1 aromatic heterocycles. The van der Waals surface area contributed by atoms with Gasteiger partial charge >= 0.3 is 0 Å². The molecule has 2 heteroatoms. The van der Waals surface area contributed by atoms with Crippen LogP contribution in [-0.4, -0.2) is 4.57 Å². The Morgan fingerprint density at radius 1 is 0.739 bits per heavy atom. The van der Waals surface area contributed by atoms with Gasteiger partial charge in [-0.1, -0.05) is 66.2 Å². The van der Waals surface area contributed by atoms with Gasteiger partial charge in [0.1, 0.15) is 0 Å². The van der Waals surface area contributed by atoms with Crippen LogP contribution in [0.3, 0.4) is 0 Å². The van der Waals surface area contributed by atoms with Crippen molar-refractivity contribution in [2.75, 3.05) is 0 Å². The standard InChI is InChI=1S/C21H16IN/c1-15-11-13-17(14-12-15)23-19-10-6-5-9-18(19)20(22)21(23)16-7-3-2-4-8-16/h2-14H,1H3. The van der Waals surface area contributed by atoms with Crippen molar-refractivity contribution in [3.63, 3.8) is 0 Å². The van der Waals surface area contributed by atoms with E-state index < -0.39 is 0 Å². The van der Waals surface area contributed by atoms with Crippen LogP contribution in [0, 0.1) is 10.5 Å². The van der Waals surface area contributed by atoms with E-state index in [9.17, 15) is 0 Å². The third kappa shape index (κ3) is 2.47. The van der Waals surface area contributed by atoms with Crippen molar-refractivity contribution in [1.29, 1.82) is 0 Å². The average molecular weight is 409 g/mol. The number of hydrogen-bond acceptors (Lipinski definition) is 0. The van der Waals surface area contributed by atoms with Crippen LogP contribution in [0.1, 0.15) is 5.56 Å². The van der Waals surface area contributed by atoms with E-state index in [1.165, 1.54) is 37.0 Å². The molecule has 4 aromatic rings. The molecule has 0 aliphatic carbocycles. The Hall–Kier alpha value is -2.07. The maximum atomic E-state index is 2.48. The van der Waals surface area contributed by atoms with E-state index in [-0.39, 0.29) is 0 Å². The first kappa shape index (κ1) is 14.5. The molecule has 0 saturated heterocycles. The second kappa shape index (κ2) is 5.85. The van der Waals surface area contributed by atoms with E-state index in [0.29, 0.717) is 0 Å². The zero-order chi connectivity index (χ0) is 15.8. The summed E-state index contributed by atoms with van der Waals surface area (Å²) in [4.78, 5) is 0. The third-order valence-corrected chi connectivity index (χ3v) is 5.24. The molecule has 0 aliphatic heterocycles.